The van der Waals surface area contributed by atoms with E-state index in [1.807, 2.05) is 0 Å². The number of hydrogen-bond donors (Lipinski definition) is 1. The number of rotatable bonds is 0. The standard InChI is InChI=1S/6FH.HNO2.Sb/c;;;;;;2-1-3;/h6*1H;(H,2,3);/q;;;;;;;+5/p-6. The second kappa shape index (κ2) is 2.14. The van der Waals surface area contributed by atoms with Crippen molar-refractivity contribution in [3.8, 4) is 0 Å². The van der Waals surface area contributed by atoms with Gasteiger partial charge >= 0.3 is 36.4 Å². The van der Waals surface area contributed by atoms with Gasteiger partial charge in [-0.2, -0.15) is 0 Å². The number of halogens is 6. The van der Waals surface area contributed by atoms with Crippen LogP contribution < -0.4 is 0 Å². The molecule has 0 heterocycles. The van der Waals surface area contributed by atoms with E-state index >= 15 is 0 Å². The Kier molecular flexibility index (Phi) is 2.67. The van der Waals surface area contributed by atoms with Crippen molar-refractivity contribution in [2.24, 2.45) is 5.34 Å². The Balaban J connectivity index is 0. The van der Waals surface area contributed by atoms with Crippen LogP contribution >= 0.6 is 0 Å². The fourth-order valence-corrected chi connectivity index (χ4v) is 0. The summed E-state index contributed by atoms with van der Waals surface area (Å²) in [6.45, 7) is 0. The van der Waals surface area contributed by atoms with Gasteiger partial charge in [-0.25, -0.2) is 0 Å². The summed E-state index contributed by atoms with van der Waals surface area (Å²) in [5.74, 6) is 0. The summed E-state index contributed by atoms with van der Waals surface area (Å²) in [7, 11) is 0. The summed E-state index contributed by atoms with van der Waals surface area (Å²) in [6.07, 6.45) is 0. The van der Waals surface area contributed by atoms with E-state index in [-0.39, 0.29) is 0 Å². The van der Waals surface area contributed by atoms with Crippen LogP contribution in [0.25, 0.3) is 0 Å². The van der Waals surface area contributed by atoms with Crippen LogP contribution in [0.4, 0.5) is 16.9 Å². The van der Waals surface area contributed by atoms with Gasteiger partial charge in [-0.1, -0.05) is 0 Å². The summed E-state index contributed by atoms with van der Waals surface area (Å²) < 4.78 is 59.6. The quantitative estimate of drug-likeness (QED) is 0.321. The molecule has 66 valence electrons. The van der Waals surface area contributed by atoms with Crippen molar-refractivity contribution in [3.63, 3.8) is 0 Å². The zero-order valence-corrected chi connectivity index (χ0v) is 6.57. The first-order valence-electron chi connectivity index (χ1n) is 1.40. The molecule has 0 spiro atoms. The van der Waals surface area contributed by atoms with Crippen molar-refractivity contribution < 1.29 is 22.1 Å². The van der Waals surface area contributed by atoms with Gasteiger partial charge in [0, 0.05) is 0 Å². The third-order valence-electron chi connectivity index (χ3n) is 0. The van der Waals surface area contributed by atoms with Crippen molar-refractivity contribution >= 4 is 19.5 Å². The van der Waals surface area contributed by atoms with Gasteiger partial charge < -0.3 is 5.21 Å². The SMILES string of the molecule is O=NO.[F][Sb-]([F])([F])([F])([F])[F]. The Morgan fingerprint density at radius 1 is 1.00 bits per heavy atom. The molecule has 0 aromatic heterocycles. The molecule has 1 N–H and O–H groups in total. The first kappa shape index (κ1) is 12.5. The van der Waals surface area contributed by atoms with Gasteiger partial charge in [0.2, 0.25) is 0 Å². The average molecular weight is 283 g/mol. The molecule has 0 saturated carbocycles. The summed E-state index contributed by atoms with van der Waals surface area (Å²) >= 11 is -11.2. The Bertz CT molecular complexity index is 105. The second-order valence-electron chi connectivity index (χ2n) is 1.04. The number of nitrogens with zero attached hydrogens (tertiary/aromatic N) is 1. The zero-order valence-electron chi connectivity index (χ0n) is 4.02. The van der Waals surface area contributed by atoms with Gasteiger partial charge in [-0.05, 0) is 0 Å². The normalized spacial score (nSPS) is 17.4. The zero-order chi connectivity index (χ0) is 9.12. The Labute approximate surface area is 52.5 Å². The van der Waals surface area contributed by atoms with E-state index < -0.39 is 19.5 Å². The summed E-state index contributed by atoms with van der Waals surface area (Å²) in [5.41, 5.74) is 0. The summed E-state index contributed by atoms with van der Waals surface area (Å²) in [4.78, 5) is 8.11. The molecule has 10 heteroatoms. The van der Waals surface area contributed by atoms with Crippen LogP contribution in [-0.4, -0.2) is 24.7 Å². The van der Waals surface area contributed by atoms with E-state index in [0.717, 1.165) is 0 Å². The van der Waals surface area contributed by atoms with E-state index in [9.17, 15) is 16.9 Å². The van der Waals surface area contributed by atoms with Crippen molar-refractivity contribution in [2.45, 2.75) is 0 Å². The molecule has 0 amide bonds. The molecule has 0 atom stereocenters. The topological polar surface area (TPSA) is 49.7 Å². The van der Waals surface area contributed by atoms with Crippen LogP contribution in [0.2, 0.25) is 0 Å². The van der Waals surface area contributed by atoms with Crippen LogP contribution in [0.5, 0.6) is 0 Å². The second-order valence-corrected chi connectivity index (χ2v) is 6.51. The molecular formula is HF6NO2Sb-. The molecule has 0 aliphatic carbocycles. The molecule has 0 radical (unpaired) electrons. The molecule has 0 saturated heterocycles. The van der Waals surface area contributed by atoms with Crippen molar-refractivity contribution in [1.82, 2.24) is 0 Å². The van der Waals surface area contributed by atoms with Gasteiger partial charge in [0.05, 0.1) is 0 Å². The van der Waals surface area contributed by atoms with Crippen LogP contribution in [0.15, 0.2) is 5.34 Å². The molecule has 10 heavy (non-hydrogen) atoms. The van der Waals surface area contributed by atoms with Gasteiger partial charge in [0.25, 0.3) is 0 Å². The third kappa shape index (κ3) is 8850. The Hall–Kier alpha value is -0.202. The van der Waals surface area contributed by atoms with E-state index in [1.54, 1.807) is 0 Å². The first-order valence-corrected chi connectivity index (χ1v) is 7.19. The van der Waals surface area contributed by atoms with Crippen molar-refractivity contribution in [3.05, 3.63) is 4.91 Å². The summed E-state index contributed by atoms with van der Waals surface area (Å²) in [6, 6.07) is 0. The molecule has 0 aliphatic rings. The van der Waals surface area contributed by atoms with Crippen LogP contribution in [0, 0.1) is 4.91 Å². The predicted molar refractivity (Wildman–Crippen MR) is 20.0 cm³/mol. The van der Waals surface area contributed by atoms with Gasteiger partial charge in [-0.3, -0.25) is 0 Å². The molecule has 3 nitrogen and oxygen atoms in total. The van der Waals surface area contributed by atoms with E-state index in [1.165, 1.54) is 5.34 Å². The molecule has 0 aliphatic heterocycles. The molecule has 0 bridgehead atoms. The molecule has 0 unspecified atom stereocenters. The fourth-order valence-electron chi connectivity index (χ4n) is 0. The van der Waals surface area contributed by atoms with E-state index in [0.29, 0.717) is 0 Å². The molecule has 0 rings (SSSR count). The Morgan fingerprint density at radius 3 is 1.00 bits per heavy atom. The minimum absolute atomic E-state index is 1.25. The fraction of sp³-hybridized carbons (Fsp3) is 0. The third-order valence-corrected chi connectivity index (χ3v) is 0. The molecule has 0 aromatic carbocycles. The van der Waals surface area contributed by atoms with E-state index in [4.69, 9.17) is 10.1 Å². The van der Waals surface area contributed by atoms with Crippen LogP contribution in [0.3, 0.4) is 0 Å². The van der Waals surface area contributed by atoms with Gasteiger partial charge in [0.15, 0.2) is 5.34 Å². The molecular weight excluding hydrogens is 282 g/mol. The van der Waals surface area contributed by atoms with Crippen LogP contribution in [0.1, 0.15) is 0 Å². The minimum atomic E-state index is -11.2. The van der Waals surface area contributed by atoms with E-state index in [2.05, 4.69) is 0 Å². The van der Waals surface area contributed by atoms with Crippen LogP contribution in [-0.2, 0) is 0 Å². The van der Waals surface area contributed by atoms with Crippen molar-refractivity contribution in [1.29, 1.82) is 0 Å². The summed E-state index contributed by atoms with van der Waals surface area (Å²) in [5, 5.41) is 7.89. The van der Waals surface area contributed by atoms with Gasteiger partial charge in [-0.15, -0.1) is 4.91 Å². The monoisotopic (exact) mass is 282 g/mol. The maximum absolute atomic E-state index is 11.2. The Morgan fingerprint density at radius 2 is 1.00 bits per heavy atom. The van der Waals surface area contributed by atoms with Crippen molar-refractivity contribution in [2.75, 3.05) is 0 Å². The predicted octanol–water partition coefficient (Wildman–Crippen LogP) is 2.28. The van der Waals surface area contributed by atoms with Gasteiger partial charge in [0.1, 0.15) is 0 Å². The number of hydrogen-bond acceptors (Lipinski definition) is 2. The molecule has 0 fully saturated rings. The average Bonchev–Trinajstić information content (AvgIpc) is 1.20. The first-order chi connectivity index (χ1) is 3.86. The molecule has 0 aromatic rings. The maximum atomic E-state index is 9.93.